The van der Waals surface area contributed by atoms with Crippen molar-refractivity contribution in [2.24, 2.45) is 0 Å². The molecule has 0 bridgehead atoms. The SMILES string of the molecule is CC(C)(C)c1ccnc(-c2[c-]ccc(-c3ccc(-c4cccc(-c5ccccc5)c4)c4cncnc34)c2)c1.Cc1ccnc(-c2[c-]cccc2)c1.[Ir]. The monoisotopic (exact) mass is 851 g/mol. The summed E-state index contributed by atoms with van der Waals surface area (Å²) < 4.78 is 0. The molecular weight excluding hydrogens is 813 g/mol. The first kappa shape index (κ1) is 36.2. The fourth-order valence-corrected chi connectivity index (χ4v) is 6.12. The molecule has 3 heterocycles. The Balaban J connectivity index is 0.000000279. The molecule has 0 N–H and O–H groups in total. The fourth-order valence-electron chi connectivity index (χ4n) is 6.12. The smallest absolute Gasteiger partial charge is 0.116 e. The summed E-state index contributed by atoms with van der Waals surface area (Å²) in [5, 5.41) is 1.03. The van der Waals surface area contributed by atoms with Gasteiger partial charge in [-0.15, -0.1) is 65.7 Å². The summed E-state index contributed by atoms with van der Waals surface area (Å²) in [5.41, 5.74) is 14.2. The molecule has 52 heavy (non-hydrogen) atoms. The van der Waals surface area contributed by atoms with Gasteiger partial charge in [0, 0.05) is 44.1 Å². The third kappa shape index (κ3) is 8.29. The van der Waals surface area contributed by atoms with E-state index in [2.05, 4.69) is 146 Å². The van der Waals surface area contributed by atoms with Gasteiger partial charge in [0.25, 0.3) is 0 Å². The molecule has 1 radical (unpaired) electrons. The Morgan fingerprint density at radius 3 is 2.00 bits per heavy atom. The number of aromatic nitrogens is 4. The van der Waals surface area contributed by atoms with Crippen molar-refractivity contribution in [1.29, 1.82) is 0 Å². The van der Waals surface area contributed by atoms with Crippen molar-refractivity contribution < 1.29 is 20.1 Å². The molecule has 5 heteroatoms. The van der Waals surface area contributed by atoms with Crippen molar-refractivity contribution in [1.82, 2.24) is 19.9 Å². The minimum Gasteiger partial charge on any atom is -0.305 e. The van der Waals surface area contributed by atoms with Gasteiger partial charge in [-0.3, -0.25) is 0 Å². The van der Waals surface area contributed by atoms with E-state index in [1.165, 1.54) is 22.3 Å². The Morgan fingerprint density at radius 1 is 0.538 bits per heavy atom. The van der Waals surface area contributed by atoms with E-state index in [9.17, 15) is 0 Å². The molecule has 4 nitrogen and oxygen atoms in total. The molecule has 3 aromatic heterocycles. The van der Waals surface area contributed by atoms with E-state index in [-0.39, 0.29) is 25.5 Å². The molecule has 0 unspecified atom stereocenters. The summed E-state index contributed by atoms with van der Waals surface area (Å²) in [5.74, 6) is 0. The zero-order chi connectivity index (χ0) is 35.2. The molecular formula is C47H38IrN4-2. The molecule has 0 spiro atoms. The van der Waals surface area contributed by atoms with Gasteiger partial charge in [-0.2, -0.15) is 0 Å². The predicted molar refractivity (Wildman–Crippen MR) is 210 cm³/mol. The number of rotatable bonds is 5. The Bertz CT molecular complexity index is 2420. The van der Waals surface area contributed by atoms with Crippen molar-refractivity contribution >= 4 is 10.9 Å². The number of benzene rings is 5. The second-order valence-corrected chi connectivity index (χ2v) is 13.6. The molecule has 8 rings (SSSR count). The van der Waals surface area contributed by atoms with Gasteiger partial charge in [0.15, 0.2) is 0 Å². The van der Waals surface area contributed by atoms with E-state index in [0.29, 0.717) is 0 Å². The molecule has 0 aliphatic heterocycles. The maximum Gasteiger partial charge on any atom is 0.116 e. The first-order chi connectivity index (χ1) is 24.8. The molecule has 0 saturated carbocycles. The molecule has 0 aliphatic rings. The van der Waals surface area contributed by atoms with E-state index >= 15 is 0 Å². The number of nitrogens with zero attached hydrogens (tertiary/aromatic N) is 4. The van der Waals surface area contributed by atoms with Gasteiger partial charge in [0.05, 0.1) is 5.52 Å². The second kappa shape index (κ2) is 16.2. The van der Waals surface area contributed by atoms with Crippen LogP contribution in [0.3, 0.4) is 0 Å². The van der Waals surface area contributed by atoms with Gasteiger partial charge in [0.1, 0.15) is 6.33 Å². The van der Waals surface area contributed by atoms with Crippen molar-refractivity contribution in [3.05, 3.63) is 182 Å². The molecule has 0 fully saturated rings. The average Bonchev–Trinajstić information content (AvgIpc) is 3.18. The number of aryl methyl sites for hydroxylation is 1. The number of hydrogen-bond donors (Lipinski definition) is 0. The summed E-state index contributed by atoms with van der Waals surface area (Å²) in [6.45, 7) is 8.72. The number of hydrogen-bond acceptors (Lipinski definition) is 4. The van der Waals surface area contributed by atoms with Crippen LogP contribution in [-0.4, -0.2) is 19.9 Å². The van der Waals surface area contributed by atoms with Gasteiger partial charge in [0.2, 0.25) is 0 Å². The van der Waals surface area contributed by atoms with Crippen LogP contribution in [0.1, 0.15) is 31.9 Å². The van der Waals surface area contributed by atoms with Crippen molar-refractivity contribution in [3.63, 3.8) is 0 Å². The summed E-state index contributed by atoms with van der Waals surface area (Å²) in [6.07, 6.45) is 7.25. The van der Waals surface area contributed by atoms with Gasteiger partial charge in [-0.05, 0) is 75.3 Å². The Hall–Kier alpha value is -5.61. The van der Waals surface area contributed by atoms with Crippen LogP contribution in [0.15, 0.2) is 158 Å². The average molecular weight is 851 g/mol. The Labute approximate surface area is 320 Å². The minimum absolute atomic E-state index is 0. The van der Waals surface area contributed by atoms with Crippen LogP contribution in [0.4, 0.5) is 0 Å². The van der Waals surface area contributed by atoms with Crippen molar-refractivity contribution in [2.45, 2.75) is 33.1 Å². The summed E-state index contributed by atoms with van der Waals surface area (Å²) in [4.78, 5) is 18.1. The molecule has 8 aromatic rings. The van der Waals surface area contributed by atoms with E-state index in [4.69, 9.17) is 4.98 Å². The first-order valence-electron chi connectivity index (χ1n) is 17.1. The summed E-state index contributed by atoms with van der Waals surface area (Å²) >= 11 is 0. The van der Waals surface area contributed by atoms with Crippen LogP contribution in [0.25, 0.3) is 66.8 Å². The van der Waals surface area contributed by atoms with Gasteiger partial charge in [-0.1, -0.05) is 105 Å². The van der Waals surface area contributed by atoms with E-state index < -0.39 is 0 Å². The van der Waals surface area contributed by atoms with Crippen LogP contribution >= 0.6 is 0 Å². The Morgan fingerprint density at radius 2 is 1.23 bits per heavy atom. The third-order valence-electron chi connectivity index (χ3n) is 8.87. The van der Waals surface area contributed by atoms with E-state index in [0.717, 1.165) is 55.7 Å². The number of pyridine rings is 2. The zero-order valence-corrected chi connectivity index (χ0v) is 32.0. The second-order valence-electron chi connectivity index (χ2n) is 13.6. The summed E-state index contributed by atoms with van der Waals surface area (Å²) in [7, 11) is 0. The minimum atomic E-state index is 0. The largest absolute Gasteiger partial charge is 0.305 e. The molecule has 0 atom stereocenters. The predicted octanol–water partition coefficient (Wildman–Crippen LogP) is 11.6. The molecule has 0 amide bonds. The molecule has 5 aromatic carbocycles. The molecule has 0 saturated heterocycles. The molecule has 0 aliphatic carbocycles. The normalized spacial score (nSPS) is 10.9. The maximum absolute atomic E-state index is 4.74. The van der Waals surface area contributed by atoms with Gasteiger partial charge < -0.3 is 9.97 Å². The Kier molecular flexibility index (Phi) is 11.2. The van der Waals surface area contributed by atoms with Crippen molar-refractivity contribution in [2.75, 3.05) is 0 Å². The fraction of sp³-hybridized carbons (Fsp3) is 0.106. The van der Waals surface area contributed by atoms with E-state index in [1.807, 2.05) is 61.1 Å². The molecule has 257 valence electrons. The van der Waals surface area contributed by atoms with Crippen molar-refractivity contribution in [3.8, 4) is 55.9 Å². The van der Waals surface area contributed by atoms with Crippen LogP contribution in [0.5, 0.6) is 0 Å². The summed E-state index contributed by atoms with van der Waals surface area (Å²) in [6, 6.07) is 52.4. The van der Waals surface area contributed by atoms with E-state index in [1.54, 1.807) is 6.33 Å². The maximum atomic E-state index is 4.74. The topological polar surface area (TPSA) is 51.6 Å². The first-order valence-corrected chi connectivity index (χ1v) is 17.1. The number of fused-ring (bicyclic) bond motifs is 1. The van der Waals surface area contributed by atoms with Gasteiger partial charge in [-0.25, -0.2) is 9.97 Å². The van der Waals surface area contributed by atoms with Crippen LogP contribution in [-0.2, 0) is 25.5 Å². The third-order valence-corrected chi connectivity index (χ3v) is 8.87. The van der Waals surface area contributed by atoms with Gasteiger partial charge >= 0.3 is 0 Å². The van der Waals surface area contributed by atoms with Crippen LogP contribution in [0.2, 0.25) is 0 Å². The van der Waals surface area contributed by atoms with Crippen LogP contribution < -0.4 is 0 Å². The standard InChI is InChI=1S/C35H28N3.C12H10N.Ir/c1-35(2,3)29-17-18-37-33(21-29)28-14-8-13-27(20-28)31-16-15-30(32-22-36-23-38-34(31)32)26-12-7-11-25(19-26)24-9-5-4-6-10-24;1-10-7-8-13-12(9-10)11-5-3-2-4-6-11;/h4-13,15-23H,1-3H3;2-5,7-9H,1H3;/q2*-1;. The quantitative estimate of drug-likeness (QED) is 0.162. The van der Waals surface area contributed by atoms with Crippen LogP contribution in [0, 0.1) is 19.1 Å². The zero-order valence-electron chi connectivity index (χ0n) is 29.6.